The van der Waals surface area contributed by atoms with Crippen molar-refractivity contribution in [2.75, 3.05) is 6.54 Å². The molecular formula is C16H25NO2. The highest BCUT2D eigenvalue weighted by Gasteiger charge is 2.10. The highest BCUT2D eigenvalue weighted by Crippen LogP contribution is 2.14. The molecular weight excluding hydrogens is 238 g/mol. The third kappa shape index (κ3) is 5.43. The van der Waals surface area contributed by atoms with Crippen molar-refractivity contribution in [2.24, 2.45) is 5.92 Å². The van der Waals surface area contributed by atoms with Crippen molar-refractivity contribution in [2.45, 2.75) is 46.1 Å². The third-order valence-electron chi connectivity index (χ3n) is 3.08. The predicted molar refractivity (Wildman–Crippen MR) is 78.3 cm³/mol. The van der Waals surface area contributed by atoms with E-state index in [1.807, 2.05) is 24.3 Å². The Kier molecular flexibility index (Phi) is 6.03. The lowest BCUT2D eigenvalue weighted by atomic mass is 10.0. The number of hydrogen-bond donors (Lipinski definition) is 2. The van der Waals surface area contributed by atoms with Crippen LogP contribution in [0.25, 0.3) is 0 Å². The molecule has 3 heteroatoms. The molecule has 0 saturated carbocycles. The minimum atomic E-state index is -0.473. The molecule has 106 valence electrons. The third-order valence-corrected chi connectivity index (χ3v) is 3.08. The molecule has 0 aromatic heterocycles. The number of nitrogens with one attached hydrogen (secondary N) is 1. The van der Waals surface area contributed by atoms with Crippen molar-refractivity contribution in [3.8, 4) is 0 Å². The second-order valence-electron chi connectivity index (χ2n) is 5.77. The number of rotatable bonds is 6. The minimum absolute atomic E-state index is 0.127. The number of benzene rings is 1. The Morgan fingerprint density at radius 3 is 2.21 bits per heavy atom. The van der Waals surface area contributed by atoms with Crippen LogP contribution in [0.4, 0.5) is 0 Å². The van der Waals surface area contributed by atoms with Gasteiger partial charge in [-0.25, -0.2) is 0 Å². The maximum atomic E-state index is 11.9. The van der Waals surface area contributed by atoms with Gasteiger partial charge in [0.2, 0.25) is 0 Å². The first-order chi connectivity index (χ1) is 8.90. The van der Waals surface area contributed by atoms with Crippen LogP contribution in [0.5, 0.6) is 0 Å². The number of aliphatic hydroxyl groups is 1. The maximum absolute atomic E-state index is 11.9. The first kappa shape index (κ1) is 15.7. The molecule has 3 nitrogen and oxygen atoms in total. The van der Waals surface area contributed by atoms with E-state index in [4.69, 9.17) is 0 Å². The lowest BCUT2D eigenvalue weighted by molar-refractivity contribution is 0.0900. The van der Waals surface area contributed by atoms with Gasteiger partial charge in [0.25, 0.3) is 5.91 Å². The van der Waals surface area contributed by atoms with Crippen molar-refractivity contribution in [1.82, 2.24) is 5.32 Å². The van der Waals surface area contributed by atoms with Crippen LogP contribution in [-0.4, -0.2) is 23.7 Å². The molecule has 1 unspecified atom stereocenters. The Morgan fingerprint density at radius 2 is 1.74 bits per heavy atom. The monoisotopic (exact) mass is 263 g/mol. The van der Waals surface area contributed by atoms with Crippen LogP contribution in [0.3, 0.4) is 0 Å². The van der Waals surface area contributed by atoms with Crippen LogP contribution in [0.15, 0.2) is 24.3 Å². The predicted octanol–water partition coefficient (Wildman–Crippen LogP) is 2.95. The van der Waals surface area contributed by atoms with Crippen LogP contribution in [0.1, 0.15) is 56.0 Å². The summed E-state index contributed by atoms with van der Waals surface area (Å²) in [4.78, 5) is 11.9. The topological polar surface area (TPSA) is 49.3 Å². The summed E-state index contributed by atoms with van der Waals surface area (Å²) >= 11 is 0. The van der Waals surface area contributed by atoms with Crippen molar-refractivity contribution in [3.63, 3.8) is 0 Å². The van der Waals surface area contributed by atoms with Crippen molar-refractivity contribution in [1.29, 1.82) is 0 Å². The summed E-state index contributed by atoms with van der Waals surface area (Å²) in [5.41, 5.74) is 1.86. The summed E-state index contributed by atoms with van der Waals surface area (Å²) in [7, 11) is 0. The molecule has 1 rings (SSSR count). The summed E-state index contributed by atoms with van der Waals surface area (Å²) < 4.78 is 0. The van der Waals surface area contributed by atoms with E-state index in [-0.39, 0.29) is 5.91 Å². The van der Waals surface area contributed by atoms with Crippen LogP contribution in [-0.2, 0) is 0 Å². The number of hydrogen-bond acceptors (Lipinski definition) is 2. The highest BCUT2D eigenvalue weighted by molar-refractivity contribution is 5.94. The maximum Gasteiger partial charge on any atom is 0.251 e. The second kappa shape index (κ2) is 7.29. The molecule has 1 aromatic rings. The van der Waals surface area contributed by atoms with E-state index in [1.165, 1.54) is 5.56 Å². The van der Waals surface area contributed by atoms with E-state index in [9.17, 15) is 9.90 Å². The normalized spacial score (nSPS) is 12.8. The molecule has 0 bridgehead atoms. The quantitative estimate of drug-likeness (QED) is 0.829. The molecule has 0 saturated heterocycles. The van der Waals surface area contributed by atoms with Crippen LogP contribution in [0, 0.1) is 5.92 Å². The molecule has 0 aliphatic rings. The second-order valence-corrected chi connectivity index (χ2v) is 5.77. The van der Waals surface area contributed by atoms with Crippen molar-refractivity contribution in [3.05, 3.63) is 35.4 Å². The minimum Gasteiger partial charge on any atom is -0.391 e. The van der Waals surface area contributed by atoms with Gasteiger partial charge < -0.3 is 10.4 Å². The van der Waals surface area contributed by atoms with Gasteiger partial charge in [-0.05, 0) is 36.0 Å². The molecule has 0 aliphatic carbocycles. The zero-order chi connectivity index (χ0) is 14.4. The van der Waals surface area contributed by atoms with Crippen LogP contribution >= 0.6 is 0 Å². The lowest BCUT2D eigenvalue weighted by Crippen LogP contribution is -2.32. The van der Waals surface area contributed by atoms with E-state index < -0.39 is 6.10 Å². The number of carbonyl (C=O) groups is 1. The number of carbonyl (C=O) groups excluding carboxylic acids is 1. The van der Waals surface area contributed by atoms with Crippen LogP contribution < -0.4 is 5.32 Å². The fourth-order valence-electron chi connectivity index (χ4n) is 1.96. The molecule has 0 fully saturated rings. The average Bonchev–Trinajstić information content (AvgIpc) is 2.35. The first-order valence-corrected chi connectivity index (χ1v) is 6.96. The molecule has 1 aromatic carbocycles. The molecule has 0 radical (unpaired) electrons. The smallest absolute Gasteiger partial charge is 0.251 e. The zero-order valence-corrected chi connectivity index (χ0v) is 12.3. The molecule has 2 N–H and O–H groups in total. The van der Waals surface area contributed by atoms with E-state index >= 15 is 0 Å². The molecule has 19 heavy (non-hydrogen) atoms. The van der Waals surface area contributed by atoms with Crippen molar-refractivity contribution < 1.29 is 9.90 Å². The number of aliphatic hydroxyl groups excluding tert-OH is 1. The summed E-state index contributed by atoms with van der Waals surface area (Å²) in [6.45, 7) is 8.66. The van der Waals surface area contributed by atoms with Gasteiger partial charge in [-0.3, -0.25) is 4.79 Å². The first-order valence-electron chi connectivity index (χ1n) is 6.96. The van der Waals surface area contributed by atoms with Gasteiger partial charge in [-0.15, -0.1) is 0 Å². The Balaban J connectivity index is 2.49. The van der Waals surface area contributed by atoms with Gasteiger partial charge in [-0.1, -0.05) is 39.8 Å². The van der Waals surface area contributed by atoms with Gasteiger partial charge in [0, 0.05) is 12.1 Å². The average molecular weight is 263 g/mol. The summed E-state index contributed by atoms with van der Waals surface area (Å²) in [6, 6.07) is 7.62. The standard InChI is InChI=1S/C16H25NO2/c1-11(2)9-15(18)10-17-16(19)14-7-5-13(6-8-14)12(3)4/h5-8,11-12,15,18H,9-10H2,1-4H3,(H,17,19). The largest absolute Gasteiger partial charge is 0.391 e. The Morgan fingerprint density at radius 1 is 1.16 bits per heavy atom. The molecule has 0 heterocycles. The molecule has 1 amide bonds. The van der Waals surface area contributed by atoms with Gasteiger partial charge >= 0.3 is 0 Å². The lowest BCUT2D eigenvalue weighted by Gasteiger charge is -2.14. The molecule has 0 spiro atoms. The van der Waals surface area contributed by atoms with E-state index in [0.29, 0.717) is 30.4 Å². The molecule has 0 aliphatic heterocycles. The molecule has 1 atom stereocenters. The number of amides is 1. The Bertz CT molecular complexity index is 396. The SMILES string of the molecule is CC(C)CC(O)CNC(=O)c1ccc(C(C)C)cc1. The van der Waals surface area contributed by atoms with E-state index in [0.717, 1.165) is 0 Å². The van der Waals surface area contributed by atoms with E-state index in [2.05, 4.69) is 33.0 Å². The van der Waals surface area contributed by atoms with Gasteiger partial charge in [0.1, 0.15) is 0 Å². The summed E-state index contributed by atoms with van der Waals surface area (Å²) in [5.74, 6) is 0.764. The Hall–Kier alpha value is -1.35. The van der Waals surface area contributed by atoms with E-state index in [1.54, 1.807) is 0 Å². The fourth-order valence-corrected chi connectivity index (χ4v) is 1.96. The van der Waals surface area contributed by atoms with Crippen LogP contribution in [0.2, 0.25) is 0 Å². The van der Waals surface area contributed by atoms with Gasteiger partial charge in [-0.2, -0.15) is 0 Å². The highest BCUT2D eigenvalue weighted by atomic mass is 16.3. The summed E-state index contributed by atoms with van der Waals surface area (Å²) in [5, 5.41) is 12.5. The Labute approximate surface area is 116 Å². The zero-order valence-electron chi connectivity index (χ0n) is 12.3. The van der Waals surface area contributed by atoms with Crippen molar-refractivity contribution >= 4 is 5.91 Å². The van der Waals surface area contributed by atoms with Gasteiger partial charge in [0.15, 0.2) is 0 Å². The van der Waals surface area contributed by atoms with Gasteiger partial charge in [0.05, 0.1) is 6.10 Å². The fraction of sp³-hybridized carbons (Fsp3) is 0.562. The summed E-state index contributed by atoms with van der Waals surface area (Å²) in [6.07, 6.45) is 0.228.